The molecular formula is C13H8Cl2N2O. The number of nitriles is 1. The zero-order chi connectivity index (χ0) is 13.1. The van der Waals surface area contributed by atoms with Crippen LogP contribution >= 0.6 is 23.2 Å². The van der Waals surface area contributed by atoms with Gasteiger partial charge in [0.15, 0.2) is 0 Å². The lowest BCUT2D eigenvalue weighted by molar-refractivity contribution is 0.483. The fraction of sp³-hybridized carbons (Fsp3) is 0. The smallest absolute Gasteiger partial charge is 0.130 e. The number of halogens is 2. The molecule has 18 heavy (non-hydrogen) atoms. The van der Waals surface area contributed by atoms with Gasteiger partial charge < -0.3 is 10.5 Å². The maximum Gasteiger partial charge on any atom is 0.130 e. The topological polar surface area (TPSA) is 59.0 Å². The monoisotopic (exact) mass is 278 g/mol. The molecule has 0 bridgehead atoms. The number of hydrogen-bond acceptors (Lipinski definition) is 3. The molecule has 0 unspecified atom stereocenters. The van der Waals surface area contributed by atoms with E-state index >= 15 is 0 Å². The first-order chi connectivity index (χ1) is 8.58. The van der Waals surface area contributed by atoms with Crippen LogP contribution in [0.3, 0.4) is 0 Å². The minimum absolute atomic E-state index is 0.364. The molecule has 2 rings (SSSR count). The third-order valence-electron chi connectivity index (χ3n) is 2.22. The summed E-state index contributed by atoms with van der Waals surface area (Å²) < 4.78 is 5.56. The molecule has 0 heterocycles. The highest BCUT2D eigenvalue weighted by Gasteiger charge is 2.04. The summed E-state index contributed by atoms with van der Waals surface area (Å²) in [6.07, 6.45) is 0. The van der Waals surface area contributed by atoms with Crippen molar-refractivity contribution in [2.75, 3.05) is 5.73 Å². The number of nitrogen functional groups attached to an aromatic ring is 1. The first kappa shape index (κ1) is 12.6. The van der Waals surface area contributed by atoms with Gasteiger partial charge in [-0.25, -0.2) is 0 Å². The summed E-state index contributed by atoms with van der Waals surface area (Å²) in [7, 11) is 0. The van der Waals surface area contributed by atoms with E-state index in [1.54, 1.807) is 36.4 Å². The van der Waals surface area contributed by atoms with Crippen molar-refractivity contribution >= 4 is 28.9 Å². The molecule has 3 nitrogen and oxygen atoms in total. The molecular weight excluding hydrogens is 271 g/mol. The number of nitrogens with zero attached hydrogens (tertiary/aromatic N) is 1. The number of ether oxygens (including phenoxy) is 1. The number of rotatable bonds is 2. The predicted molar refractivity (Wildman–Crippen MR) is 72.1 cm³/mol. The average molecular weight is 279 g/mol. The lowest BCUT2D eigenvalue weighted by Crippen LogP contribution is -1.92. The Kier molecular flexibility index (Phi) is 3.61. The Morgan fingerprint density at radius 2 is 1.67 bits per heavy atom. The molecule has 0 saturated carbocycles. The van der Waals surface area contributed by atoms with Crippen molar-refractivity contribution < 1.29 is 4.74 Å². The molecule has 0 radical (unpaired) electrons. The maximum absolute atomic E-state index is 8.77. The maximum atomic E-state index is 8.77. The van der Waals surface area contributed by atoms with Gasteiger partial charge in [0.25, 0.3) is 0 Å². The molecule has 0 aliphatic rings. The van der Waals surface area contributed by atoms with Crippen molar-refractivity contribution in [2.45, 2.75) is 0 Å². The first-order valence-electron chi connectivity index (χ1n) is 5.02. The second kappa shape index (κ2) is 5.18. The van der Waals surface area contributed by atoms with Crippen LogP contribution in [-0.4, -0.2) is 0 Å². The molecule has 0 fully saturated rings. The molecule has 90 valence electrons. The first-order valence-corrected chi connectivity index (χ1v) is 5.77. The van der Waals surface area contributed by atoms with Crippen LogP contribution in [0, 0.1) is 11.3 Å². The van der Waals surface area contributed by atoms with Gasteiger partial charge in [-0.15, -0.1) is 0 Å². The summed E-state index contributed by atoms with van der Waals surface area (Å²) in [5, 5.41) is 9.74. The third-order valence-corrected chi connectivity index (χ3v) is 2.65. The van der Waals surface area contributed by atoms with Gasteiger partial charge in [-0.05, 0) is 30.3 Å². The Bertz CT molecular complexity index is 615. The normalized spacial score (nSPS) is 9.83. The number of nitrogens with two attached hydrogens (primary N) is 1. The molecule has 0 spiro atoms. The highest BCUT2D eigenvalue weighted by atomic mass is 35.5. The van der Waals surface area contributed by atoms with Crippen LogP contribution in [0.5, 0.6) is 11.5 Å². The SMILES string of the molecule is N#Cc1ccc(Oc2cc(Cl)cc(Cl)c2)cc1N. The molecule has 2 aromatic carbocycles. The Morgan fingerprint density at radius 1 is 1.00 bits per heavy atom. The molecule has 0 aliphatic carbocycles. The van der Waals surface area contributed by atoms with Gasteiger partial charge in [0.2, 0.25) is 0 Å². The van der Waals surface area contributed by atoms with Gasteiger partial charge in [0, 0.05) is 16.1 Å². The van der Waals surface area contributed by atoms with Crippen LogP contribution in [-0.2, 0) is 0 Å². The van der Waals surface area contributed by atoms with Crippen molar-refractivity contribution in [1.29, 1.82) is 5.26 Å². The van der Waals surface area contributed by atoms with Crippen LogP contribution in [0.25, 0.3) is 0 Å². The molecule has 0 amide bonds. The van der Waals surface area contributed by atoms with Crippen LogP contribution in [0.15, 0.2) is 36.4 Å². The average Bonchev–Trinajstić information content (AvgIpc) is 2.27. The summed E-state index contributed by atoms with van der Waals surface area (Å²) in [6, 6.07) is 11.7. The van der Waals surface area contributed by atoms with E-state index in [0.29, 0.717) is 32.8 Å². The van der Waals surface area contributed by atoms with E-state index in [1.165, 1.54) is 0 Å². The van der Waals surface area contributed by atoms with Gasteiger partial charge >= 0.3 is 0 Å². The minimum atomic E-state index is 0.364. The van der Waals surface area contributed by atoms with Crippen molar-refractivity contribution in [3.8, 4) is 17.6 Å². The van der Waals surface area contributed by atoms with Crippen LogP contribution in [0.2, 0.25) is 10.0 Å². The number of anilines is 1. The molecule has 2 aromatic rings. The Morgan fingerprint density at radius 3 is 2.22 bits per heavy atom. The summed E-state index contributed by atoms with van der Waals surface area (Å²) in [4.78, 5) is 0. The fourth-order valence-electron chi connectivity index (χ4n) is 1.43. The van der Waals surface area contributed by atoms with E-state index in [-0.39, 0.29) is 0 Å². The zero-order valence-corrected chi connectivity index (χ0v) is 10.7. The van der Waals surface area contributed by atoms with E-state index in [0.717, 1.165) is 0 Å². The van der Waals surface area contributed by atoms with Crippen molar-refractivity contribution in [3.63, 3.8) is 0 Å². The summed E-state index contributed by atoms with van der Waals surface area (Å²) >= 11 is 11.7. The highest BCUT2D eigenvalue weighted by molar-refractivity contribution is 6.34. The zero-order valence-electron chi connectivity index (χ0n) is 9.15. The van der Waals surface area contributed by atoms with Crippen molar-refractivity contribution in [3.05, 3.63) is 52.0 Å². The number of hydrogen-bond donors (Lipinski definition) is 1. The van der Waals surface area contributed by atoms with Gasteiger partial charge in [0.1, 0.15) is 17.6 Å². The molecule has 0 atom stereocenters. The lowest BCUT2D eigenvalue weighted by Gasteiger charge is -2.07. The van der Waals surface area contributed by atoms with E-state index in [9.17, 15) is 0 Å². The van der Waals surface area contributed by atoms with Crippen molar-refractivity contribution in [1.82, 2.24) is 0 Å². The standard InChI is InChI=1S/C13H8Cl2N2O/c14-9-3-10(15)5-12(4-9)18-11-2-1-8(7-16)13(17)6-11/h1-6H,17H2. The molecule has 0 saturated heterocycles. The second-order valence-electron chi connectivity index (χ2n) is 3.57. The predicted octanol–water partition coefficient (Wildman–Crippen LogP) is 4.24. The van der Waals surface area contributed by atoms with E-state index in [2.05, 4.69) is 0 Å². The lowest BCUT2D eigenvalue weighted by atomic mass is 10.2. The quantitative estimate of drug-likeness (QED) is 0.836. The second-order valence-corrected chi connectivity index (χ2v) is 4.44. The highest BCUT2D eigenvalue weighted by Crippen LogP contribution is 2.29. The molecule has 2 N–H and O–H groups in total. The van der Waals surface area contributed by atoms with Crippen LogP contribution < -0.4 is 10.5 Å². The van der Waals surface area contributed by atoms with Gasteiger partial charge in [-0.1, -0.05) is 23.2 Å². The van der Waals surface area contributed by atoms with Gasteiger partial charge in [-0.2, -0.15) is 5.26 Å². The summed E-state index contributed by atoms with van der Waals surface area (Å²) in [5.74, 6) is 1.03. The molecule has 0 aliphatic heterocycles. The third kappa shape index (κ3) is 2.86. The number of benzene rings is 2. The fourth-order valence-corrected chi connectivity index (χ4v) is 1.94. The van der Waals surface area contributed by atoms with Crippen LogP contribution in [0.1, 0.15) is 5.56 Å². The largest absolute Gasteiger partial charge is 0.457 e. The Hall–Kier alpha value is -1.89. The summed E-state index contributed by atoms with van der Waals surface area (Å²) in [5.41, 5.74) is 6.46. The van der Waals surface area contributed by atoms with E-state index in [4.69, 9.17) is 38.9 Å². The van der Waals surface area contributed by atoms with Crippen molar-refractivity contribution in [2.24, 2.45) is 0 Å². The van der Waals surface area contributed by atoms with Crippen LogP contribution in [0.4, 0.5) is 5.69 Å². The summed E-state index contributed by atoms with van der Waals surface area (Å²) in [6.45, 7) is 0. The van der Waals surface area contributed by atoms with E-state index in [1.807, 2.05) is 6.07 Å². The van der Waals surface area contributed by atoms with Gasteiger partial charge in [-0.3, -0.25) is 0 Å². The minimum Gasteiger partial charge on any atom is -0.457 e. The molecule has 5 heteroatoms. The molecule has 0 aromatic heterocycles. The Balaban J connectivity index is 2.29. The van der Waals surface area contributed by atoms with E-state index < -0.39 is 0 Å². The Labute approximate surface area is 114 Å². The van der Waals surface area contributed by atoms with Gasteiger partial charge in [0.05, 0.1) is 11.3 Å².